The maximum atomic E-state index is 10.7. The second-order valence-corrected chi connectivity index (χ2v) is 3.55. The molecule has 1 aromatic heterocycles. The number of non-ortho nitro benzene ring substituents is 1. The Balaban J connectivity index is 2.25. The van der Waals surface area contributed by atoms with Crippen LogP contribution in [0.1, 0.15) is 6.92 Å². The zero-order chi connectivity index (χ0) is 14.5. The van der Waals surface area contributed by atoms with Gasteiger partial charge in [-0.1, -0.05) is 6.07 Å². The smallest absolute Gasteiger partial charge is 0.330 e. The van der Waals surface area contributed by atoms with Gasteiger partial charge in [-0.25, -0.2) is 0 Å². The fourth-order valence-corrected chi connectivity index (χ4v) is 1.36. The summed E-state index contributed by atoms with van der Waals surface area (Å²) in [5.41, 5.74) is 5.39. The number of nitrogens with two attached hydrogens (primary N) is 1. The molecule has 1 heterocycles. The van der Waals surface area contributed by atoms with Gasteiger partial charge in [-0.15, -0.1) is 4.98 Å². The van der Waals surface area contributed by atoms with Gasteiger partial charge in [0.1, 0.15) is 5.75 Å². The highest BCUT2D eigenvalue weighted by Crippen LogP contribution is 2.23. The van der Waals surface area contributed by atoms with Gasteiger partial charge >= 0.3 is 12.0 Å². The summed E-state index contributed by atoms with van der Waals surface area (Å²) in [5.74, 6) is 0.149. The van der Waals surface area contributed by atoms with E-state index in [-0.39, 0.29) is 29.4 Å². The first-order chi connectivity index (χ1) is 9.58. The van der Waals surface area contributed by atoms with Gasteiger partial charge in [0.05, 0.1) is 17.6 Å². The molecule has 0 bridgehead atoms. The molecular weight excluding hydrogens is 266 g/mol. The fraction of sp³-hybridized carbons (Fsp3) is 0.182. The number of benzene rings is 1. The minimum atomic E-state index is -0.528. The second-order valence-electron chi connectivity index (χ2n) is 3.55. The molecule has 0 atom stereocenters. The van der Waals surface area contributed by atoms with Gasteiger partial charge in [0.2, 0.25) is 5.95 Å². The third-order valence-corrected chi connectivity index (χ3v) is 2.12. The number of nitrogen functional groups attached to an aromatic ring is 1. The molecule has 2 N–H and O–H groups in total. The van der Waals surface area contributed by atoms with Crippen molar-refractivity contribution < 1.29 is 14.4 Å². The number of nitro benzene ring substituents is 1. The van der Waals surface area contributed by atoms with Crippen LogP contribution >= 0.6 is 0 Å². The summed E-state index contributed by atoms with van der Waals surface area (Å²) in [6.07, 6.45) is 0. The Hall–Kier alpha value is -2.97. The topological polar surface area (TPSA) is 126 Å². The molecule has 0 aliphatic carbocycles. The van der Waals surface area contributed by atoms with E-state index in [1.54, 1.807) is 6.92 Å². The number of anilines is 1. The molecule has 9 heteroatoms. The quantitative estimate of drug-likeness (QED) is 0.644. The Morgan fingerprint density at radius 1 is 1.30 bits per heavy atom. The van der Waals surface area contributed by atoms with Crippen LogP contribution in [0, 0.1) is 10.1 Å². The zero-order valence-corrected chi connectivity index (χ0v) is 10.5. The molecule has 0 aliphatic heterocycles. The average molecular weight is 277 g/mol. The number of ether oxygens (including phenoxy) is 2. The summed E-state index contributed by atoms with van der Waals surface area (Å²) < 4.78 is 10.4. The first-order valence-corrected chi connectivity index (χ1v) is 5.65. The Morgan fingerprint density at radius 3 is 2.75 bits per heavy atom. The zero-order valence-electron chi connectivity index (χ0n) is 10.5. The van der Waals surface area contributed by atoms with Crippen molar-refractivity contribution in [3.8, 4) is 17.8 Å². The van der Waals surface area contributed by atoms with E-state index in [9.17, 15) is 10.1 Å². The lowest BCUT2D eigenvalue weighted by Gasteiger charge is -2.06. The molecule has 0 fully saturated rings. The molecule has 104 valence electrons. The molecule has 0 unspecified atom stereocenters. The Bertz CT molecular complexity index is 634. The van der Waals surface area contributed by atoms with Crippen molar-refractivity contribution in [3.05, 3.63) is 34.4 Å². The third kappa shape index (κ3) is 3.28. The summed E-state index contributed by atoms with van der Waals surface area (Å²) in [4.78, 5) is 21.5. The third-order valence-electron chi connectivity index (χ3n) is 2.12. The minimum Gasteiger partial charge on any atom is -0.464 e. The molecule has 0 aliphatic rings. The van der Waals surface area contributed by atoms with E-state index in [2.05, 4.69) is 15.0 Å². The van der Waals surface area contributed by atoms with E-state index in [1.165, 1.54) is 24.3 Å². The van der Waals surface area contributed by atoms with Crippen molar-refractivity contribution in [2.24, 2.45) is 0 Å². The second kappa shape index (κ2) is 5.78. The van der Waals surface area contributed by atoms with Gasteiger partial charge < -0.3 is 15.2 Å². The van der Waals surface area contributed by atoms with Crippen molar-refractivity contribution in [1.29, 1.82) is 0 Å². The molecule has 0 saturated heterocycles. The Morgan fingerprint density at radius 2 is 2.05 bits per heavy atom. The first kappa shape index (κ1) is 13.5. The standard InChI is InChI=1S/C11H11N5O4/c1-2-19-10-13-9(12)14-11(15-10)20-8-5-3-4-7(6-8)16(17)18/h3-6H,2H2,1H3,(H2,12,13,14,15). The molecule has 0 spiro atoms. The van der Waals surface area contributed by atoms with E-state index in [0.717, 1.165) is 0 Å². The highest BCUT2D eigenvalue weighted by atomic mass is 16.6. The van der Waals surface area contributed by atoms with Crippen LogP contribution in [0.5, 0.6) is 17.8 Å². The number of rotatable bonds is 5. The summed E-state index contributed by atoms with van der Waals surface area (Å²) in [6, 6.07) is 5.55. The van der Waals surface area contributed by atoms with Gasteiger partial charge in [0.25, 0.3) is 5.69 Å². The molecule has 9 nitrogen and oxygen atoms in total. The molecule has 0 radical (unpaired) electrons. The van der Waals surface area contributed by atoms with Crippen molar-refractivity contribution in [2.75, 3.05) is 12.3 Å². The van der Waals surface area contributed by atoms with E-state index in [0.29, 0.717) is 6.61 Å². The van der Waals surface area contributed by atoms with Crippen LogP contribution in [-0.2, 0) is 0 Å². The molecule has 0 saturated carbocycles. The summed E-state index contributed by atoms with van der Waals surface area (Å²) in [6.45, 7) is 2.13. The largest absolute Gasteiger partial charge is 0.464 e. The summed E-state index contributed by atoms with van der Waals surface area (Å²) >= 11 is 0. The molecule has 20 heavy (non-hydrogen) atoms. The lowest BCUT2D eigenvalue weighted by molar-refractivity contribution is -0.384. The maximum absolute atomic E-state index is 10.7. The fourth-order valence-electron chi connectivity index (χ4n) is 1.36. The normalized spacial score (nSPS) is 10.1. The SMILES string of the molecule is CCOc1nc(N)nc(Oc2cccc([N+](=O)[O-])c2)n1. The van der Waals surface area contributed by atoms with Crippen LogP contribution in [0.15, 0.2) is 24.3 Å². The van der Waals surface area contributed by atoms with Crippen LogP contribution in [0.25, 0.3) is 0 Å². The highest BCUT2D eigenvalue weighted by molar-refractivity contribution is 5.39. The van der Waals surface area contributed by atoms with Crippen LogP contribution in [0.4, 0.5) is 11.6 Å². The van der Waals surface area contributed by atoms with E-state index >= 15 is 0 Å². The Labute approximate surface area is 113 Å². The maximum Gasteiger partial charge on any atom is 0.330 e. The Kier molecular flexibility index (Phi) is 3.89. The van der Waals surface area contributed by atoms with Crippen LogP contribution < -0.4 is 15.2 Å². The number of nitrogens with zero attached hydrogens (tertiary/aromatic N) is 4. The monoisotopic (exact) mass is 277 g/mol. The number of hydrogen-bond donors (Lipinski definition) is 1. The van der Waals surface area contributed by atoms with E-state index in [4.69, 9.17) is 15.2 Å². The summed E-state index contributed by atoms with van der Waals surface area (Å²) in [7, 11) is 0. The number of nitro groups is 1. The van der Waals surface area contributed by atoms with Crippen molar-refractivity contribution in [2.45, 2.75) is 6.92 Å². The lowest BCUT2D eigenvalue weighted by Crippen LogP contribution is -2.04. The van der Waals surface area contributed by atoms with Crippen molar-refractivity contribution in [1.82, 2.24) is 15.0 Å². The highest BCUT2D eigenvalue weighted by Gasteiger charge is 2.10. The van der Waals surface area contributed by atoms with Gasteiger partial charge in [-0.2, -0.15) is 9.97 Å². The number of hydrogen-bond acceptors (Lipinski definition) is 8. The van der Waals surface area contributed by atoms with Crippen molar-refractivity contribution >= 4 is 11.6 Å². The van der Waals surface area contributed by atoms with Gasteiger partial charge in [-0.05, 0) is 13.0 Å². The van der Waals surface area contributed by atoms with Gasteiger partial charge in [-0.3, -0.25) is 10.1 Å². The summed E-state index contributed by atoms with van der Waals surface area (Å²) in [5, 5.41) is 10.7. The van der Waals surface area contributed by atoms with Crippen LogP contribution in [0.3, 0.4) is 0 Å². The van der Waals surface area contributed by atoms with E-state index in [1.807, 2.05) is 0 Å². The lowest BCUT2D eigenvalue weighted by atomic mass is 10.3. The molecule has 0 amide bonds. The molecule has 2 aromatic rings. The first-order valence-electron chi connectivity index (χ1n) is 5.65. The van der Waals surface area contributed by atoms with Crippen LogP contribution in [-0.4, -0.2) is 26.5 Å². The molecule has 2 rings (SSSR count). The molecular formula is C11H11N5O4. The average Bonchev–Trinajstić information content (AvgIpc) is 2.38. The van der Waals surface area contributed by atoms with Gasteiger partial charge in [0, 0.05) is 6.07 Å². The molecule has 1 aromatic carbocycles. The predicted molar refractivity (Wildman–Crippen MR) is 68.6 cm³/mol. The van der Waals surface area contributed by atoms with Gasteiger partial charge in [0.15, 0.2) is 0 Å². The van der Waals surface area contributed by atoms with Crippen molar-refractivity contribution in [3.63, 3.8) is 0 Å². The minimum absolute atomic E-state index is 0.0282. The van der Waals surface area contributed by atoms with Crippen LogP contribution in [0.2, 0.25) is 0 Å². The number of aromatic nitrogens is 3. The predicted octanol–water partition coefficient (Wildman–Crippen LogP) is 1.55. The van der Waals surface area contributed by atoms with E-state index < -0.39 is 4.92 Å².